The van der Waals surface area contributed by atoms with Crippen LogP contribution in [0.25, 0.3) is 0 Å². The molecule has 2 nitrogen and oxygen atoms in total. The molecule has 1 aliphatic heterocycles. The molecule has 9 heavy (non-hydrogen) atoms. The molecule has 1 aliphatic rings. The van der Waals surface area contributed by atoms with Crippen molar-refractivity contribution in [2.24, 2.45) is 5.41 Å². The lowest BCUT2D eigenvalue weighted by Gasteiger charge is -2.35. The summed E-state index contributed by atoms with van der Waals surface area (Å²) in [5.41, 5.74) is -0.264. The molecule has 0 N–H and O–H groups in total. The van der Waals surface area contributed by atoms with Gasteiger partial charge in [0.05, 0.1) is 0 Å². The summed E-state index contributed by atoms with van der Waals surface area (Å²) in [6.45, 7) is 0.544. The number of cyclic esters (lactones) is 1. The van der Waals surface area contributed by atoms with Crippen LogP contribution in [-0.4, -0.2) is 23.2 Å². The van der Waals surface area contributed by atoms with Crippen molar-refractivity contribution in [3.05, 3.63) is 0 Å². The van der Waals surface area contributed by atoms with Gasteiger partial charge in [0.25, 0.3) is 0 Å². The number of carbonyl (C=O) groups is 1. The lowest BCUT2D eigenvalue weighted by Crippen LogP contribution is -2.50. The molecular formula is C5H6Br2O2. The molecule has 0 aromatic carbocycles. The second-order valence-electron chi connectivity index (χ2n) is 2.12. The molecule has 0 saturated carbocycles. The van der Waals surface area contributed by atoms with Gasteiger partial charge >= 0.3 is 5.97 Å². The fourth-order valence-electron chi connectivity index (χ4n) is 0.557. The van der Waals surface area contributed by atoms with Crippen LogP contribution in [0, 0.1) is 5.41 Å². The Morgan fingerprint density at radius 2 is 2.11 bits per heavy atom. The molecule has 0 aromatic heterocycles. The second kappa shape index (κ2) is 2.58. The average molecular weight is 258 g/mol. The van der Waals surface area contributed by atoms with E-state index in [0.717, 1.165) is 0 Å². The van der Waals surface area contributed by atoms with Crippen molar-refractivity contribution in [3.63, 3.8) is 0 Å². The van der Waals surface area contributed by atoms with E-state index in [0.29, 0.717) is 17.3 Å². The molecule has 0 atom stereocenters. The Hall–Kier alpha value is 0.430. The predicted octanol–water partition coefficient (Wildman–Crippen LogP) is 1.32. The van der Waals surface area contributed by atoms with Gasteiger partial charge in [-0.3, -0.25) is 4.79 Å². The number of halogens is 2. The maximum atomic E-state index is 10.7. The van der Waals surface area contributed by atoms with Crippen molar-refractivity contribution in [2.75, 3.05) is 17.3 Å². The smallest absolute Gasteiger partial charge is 0.317 e. The molecule has 1 heterocycles. The number of alkyl halides is 2. The quantitative estimate of drug-likeness (QED) is 0.551. The highest BCUT2D eigenvalue weighted by atomic mass is 79.9. The minimum absolute atomic E-state index is 0.101. The third kappa shape index (κ3) is 1.03. The van der Waals surface area contributed by atoms with E-state index in [9.17, 15) is 4.79 Å². The van der Waals surface area contributed by atoms with Crippen molar-refractivity contribution < 1.29 is 9.53 Å². The fraction of sp³-hybridized carbons (Fsp3) is 0.800. The van der Waals surface area contributed by atoms with Crippen LogP contribution in [0.1, 0.15) is 0 Å². The number of hydrogen-bond donors (Lipinski definition) is 0. The summed E-state index contributed by atoms with van der Waals surface area (Å²) in [7, 11) is 0. The van der Waals surface area contributed by atoms with Crippen LogP contribution in [0.3, 0.4) is 0 Å². The van der Waals surface area contributed by atoms with E-state index in [1.54, 1.807) is 0 Å². The first-order valence-electron chi connectivity index (χ1n) is 2.54. The Labute approximate surface area is 70.2 Å². The molecule has 1 rings (SSSR count). The summed E-state index contributed by atoms with van der Waals surface area (Å²) in [5.74, 6) is -0.101. The van der Waals surface area contributed by atoms with Crippen molar-refractivity contribution in [1.82, 2.24) is 0 Å². The van der Waals surface area contributed by atoms with Crippen LogP contribution in [-0.2, 0) is 9.53 Å². The van der Waals surface area contributed by atoms with E-state index >= 15 is 0 Å². The molecule has 4 heteroatoms. The molecule has 0 aliphatic carbocycles. The molecule has 0 aromatic rings. The third-order valence-corrected chi connectivity index (χ3v) is 3.57. The lowest BCUT2D eigenvalue weighted by molar-refractivity contribution is -0.178. The monoisotopic (exact) mass is 256 g/mol. The van der Waals surface area contributed by atoms with Crippen LogP contribution in [0.2, 0.25) is 0 Å². The van der Waals surface area contributed by atoms with Crippen molar-refractivity contribution in [3.8, 4) is 0 Å². The molecule has 0 amide bonds. The van der Waals surface area contributed by atoms with Gasteiger partial charge in [0.15, 0.2) is 0 Å². The summed E-state index contributed by atoms with van der Waals surface area (Å²) in [6, 6.07) is 0. The zero-order valence-corrected chi connectivity index (χ0v) is 7.87. The number of ether oxygens (including phenoxy) is 1. The van der Waals surface area contributed by atoms with Crippen LogP contribution in [0.5, 0.6) is 0 Å². The SMILES string of the molecule is O=C1OCC1(CBr)CBr. The summed E-state index contributed by atoms with van der Waals surface area (Å²) in [4.78, 5) is 10.7. The summed E-state index contributed by atoms with van der Waals surface area (Å²) in [6.07, 6.45) is 0. The Morgan fingerprint density at radius 1 is 1.56 bits per heavy atom. The van der Waals surface area contributed by atoms with Gasteiger partial charge in [-0.25, -0.2) is 0 Å². The molecule has 0 radical (unpaired) electrons. The molecule has 1 saturated heterocycles. The van der Waals surface area contributed by atoms with Crippen LogP contribution in [0.4, 0.5) is 0 Å². The minimum atomic E-state index is -0.264. The number of esters is 1. The molecular weight excluding hydrogens is 252 g/mol. The first kappa shape index (κ1) is 7.54. The first-order valence-corrected chi connectivity index (χ1v) is 4.79. The molecule has 0 bridgehead atoms. The Bertz CT molecular complexity index is 125. The highest BCUT2D eigenvalue weighted by Crippen LogP contribution is 2.32. The Balaban J connectivity index is 2.58. The fourth-order valence-corrected chi connectivity index (χ4v) is 2.27. The van der Waals surface area contributed by atoms with Gasteiger partial charge in [0, 0.05) is 10.7 Å². The van der Waals surface area contributed by atoms with E-state index < -0.39 is 0 Å². The van der Waals surface area contributed by atoms with Crippen molar-refractivity contribution in [2.45, 2.75) is 0 Å². The average Bonchev–Trinajstić information content (AvgIpc) is 1.89. The Kier molecular flexibility index (Phi) is 2.16. The zero-order chi connectivity index (χ0) is 6.91. The summed E-state index contributed by atoms with van der Waals surface area (Å²) in [5, 5.41) is 1.37. The topological polar surface area (TPSA) is 26.3 Å². The van der Waals surface area contributed by atoms with Crippen LogP contribution >= 0.6 is 31.9 Å². The normalized spacial score (nSPS) is 22.7. The van der Waals surface area contributed by atoms with Crippen LogP contribution in [0.15, 0.2) is 0 Å². The van der Waals surface area contributed by atoms with Crippen molar-refractivity contribution in [1.29, 1.82) is 0 Å². The van der Waals surface area contributed by atoms with Gasteiger partial charge in [0.1, 0.15) is 12.0 Å². The van der Waals surface area contributed by atoms with E-state index in [1.807, 2.05) is 0 Å². The van der Waals surface area contributed by atoms with Gasteiger partial charge in [-0.2, -0.15) is 0 Å². The highest BCUT2D eigenvalue weighted by Gasteiger charge is 2.47. The first-order chi connectivity index (χ1) is 4.25. The lowest BCUT2D eigenvalue weighted by atomic mass is 9.91. The largest absolute Gasteiger partial charge is 0.464 e. The molecule has 0 unspecified atom stereocenters. The zero-order valence-electron chi connectivity index (χ0n) is 4.69. The molecule has 52 valence electrons. The van der Waals surface area contributed by atoms with Gasteiger partial charge in [0.2, 0.25) is 0 Å². The number of hydrogen-bond acceptors (Lipinski definition) is 2. The van der Waals surface area contributed by atoms with E-state index in [4.69, 9.17) is 0 Å². The van der Waals surface area contributed by atoms with E-state index in [2.05, 4.69) is 36.6 Å². The molecule has 1 fully saturated rings. The van der Waals surface area contributed by atoms with Gasteiger partial charge in [-0.1, -0.05) is 31.9 Å². The third-order valence-electron chi connectivity index (χ3n) is 1.42. The summed E-state index contributed by atoms with van der Waals surface area (Å²) < 4.78 is 4.63. The number of rotatable bonds is 2. The van der Waals surface area contributed by atoms with Crippen LogP contribution < -0.4 is 0 Å². The van der Waals surface area contributed by atoms with E-state index in [-0.39, 0.29) is 11.4 Å². The van der Waals surface area contributed by atoms with Gasteiger partial charge < -0.3 is 4.74 Å². The second-order valence-corrected chi connectivity index (χ2v) is 3.25. The van der Waals surface area contributed by atoms with Crippen molar-refractivity contribution >= 4 is 37.8 Å². The minimum Gasteiger partial charge on any atom is -0.464 e. The van der Waals surface area contributed by atoms with E-state index in [1.165, 1.54) is 0 Å². The number of carbonyl (C=O) groups excluding carboxylic acids is 1. The standard InChI is InChI=1S/C5H6Br2O2/c6-1-5(2-7)3-9-4(5)8/h1-3H2. The summed E-state index contributed by atoms with van der Waals surface area (Å²) >= 11 is 6.51. The Morgan fingerprint density at radius 3 is 2.11 bits per heavy atom. The maximum absolute atomic E-state index is 10.7. The predicted molar refractivity (Wildman–Crippen MR) is 41.0 cm³/mol. The van der Waals surface area contributed by atoms with Gasteiger partial charge in [-0.15, -0.1) is 0 Å². The maximum Gasteiger partial charge on any atom is 0.317 e. The van der Waals surface area contributed by atoms with Gasteiger partial charge in [-0.05, 0) is 0 Å². The highest BCUT2D eigenvalue weighted by molar-refractivity contribution is 9.09. The molecule has 0 spiro atoms.